The molecule has 0 radical (unpaired) electrons. The van der Waals surface area contributed by atoms with Gasteiger partial charge < -0.3 is 10.2 Å². The third-order valence-corrected chi connectivity index (χ3v) is 3.11. The molecule has 0 unspecified atom stereocenters. The van der Waals surface area contributed by atoms with E-state index in [1.807, 2.05) is 31.9 Å². The van der Waals surface area contributed by atoms with E-state index in [1.165, 1.54) is 0 Å². The Labute approximate surface area is 116 Å². The number of hydrogen-bond acceptors (Lipinski definition) is 3. The predicted molar refractivity (Wildman–Crippen MR) is 76.9 cm³/mol. The van der Waals surface area contributed by atoms with E-state index >= 15 is 0 Å². The summed E-state index contributed by atoms with van der Waals surface area (Å²) >= 11 is 0. The highest BCUT2D eigenvalue weighted by atomic mass is 16.2. The number of carbonyl (C=O) groups excluding carboxylic acids is 1. The summed E-state index contributed by atoms with van der Waals surface area (Å²) in [6, 6.07) is 0. The van der Waals surface area contributed by atoms with Crippen molar-refractivity contribution in [2.24, 2.45) is 7.05 Å². The highest BCUT2D eigenvalue weighted by Crippen LogP contribution is 2.23. The summed E-state index contributed by atoms with van der Waals surface area (Å²) in [6.07, 6.45) is 2.02. The summed E-state index contributed by atoms with van der Waals surface area (Å²) in [5.74, 6) is 0.115. The van der Waals surface area contributed by atoms with Crippen LogP contribution in [-0.4, -0.2) is 40.7 Å². The molecule has 0 aromatic carbocycles. The maximum Gasteiger partial charge on any atom is 0.236 e. The van der Waals surface area contributed by atoms with Crippen molar-refractivity contribution >= 4 is 5.91 Å². The molecule has 0 atom stereocenters. The second-order valence-corrected chi connectivity index (χ2v) is 5.94. The Hall–Kier alpha value is -1.36. The van der Waals surface area contributed by atoms with Crippen LogP contribution in [0, 0.1) is 0 Å². The fraction of sp³-hybridized carbons (Fsp3) is 0.714. The molecule has 0 aliphatic rings. The van der Waals surface area contributed by atoms with E-state index in [2.05, 4.69) is 31.2 Å². The van der Waals surface area contributed by atoms with E-state index in [0.717, 1.165) is 17.8 Å². The molecule has 0 aliphatic heterocycles. The minimum absolute atomic E-state index is 0.0164. The van der Waals surface area contributed by atoms with Crippen LogP contribution < -0.4 is 5.32 Å². The molecule has 0 bridgehead atoms. The maximum atomic E-state index is 11.7. The lowest BCUT2D eigenvalue weighted by atomic mass is 9.89. The number of aryl methyl sites for hydroxylation is 1. The van der Waals surface area contributed by atoms with Gasteiger partial charge in [0.15, 0.2) is 0 Å². The summed E-state index contributed by atoms with van der Waals surface area (Å²) in [5.41, 5.74) is 2.25. The van der Waals surface area contributed by atoms with Crippen molar-refractivity contribution < 1.29 is 4.79 Å². The zero-order valence-corrected chi connectivity index (χ0v) is 12.9. The standard InChI is InChI=1S/C14H26N4O/c1-7-17(5)12(19)9-15-8-11-10-18(6)16-13(11)14(2,3)4/h10,15H,7-9H2,1-6H3. The molecular formula is C14H26N4O. The minimum atomic E-state index is 0.0164. The second-order valence-electron chi connectivity index (χ2n) is 5.94. The zero-order chi connectivity index (χ0) is 14.6. The van der Waals surface area contributed by atoms with Crippen molar-refractivity contribution in [2.45, 2.75) is 39.7 Å². The Bertz CT molecular complexity index is 431. The van der Waals surface area contributed by atoms with Gasteiger partial charge in [-0.05, 0) is 6.92 Å². The zero-order valence-electron chi connectivity index (χ0n) is 12.9. The van der Waals surface area contributed by atoms with Gasteiger partial charge in [-0.3, -0.25) is 9.48 Å². The highest BCUT2D eigenvalue weighted by Gasteiger charge is 2.21. The van der Waals surface area contributed by atoms with Crippen LogP contribution in [0.4, 0.5) is 0 Å². The first-order valence-electron chi connectivity index (χ1n) is 6.73. The summed E-state index contributed by atoms with van der Waals surface area (Å²) in [4.78, 5) is 13.4. The lowest BCUT2D eigenvalue weighted by molar-refractivity contribution is -0.128. The van der Waals surface area contributed by atoms with Gasteiger partial charge in [0.05, 0.1) is 12.2 Å². The van der Waals surface area contributed by atoms with Gasteiger partial charge in [-0.1, -0.05) is 20.8 Å². The number of aromatic nitrogens is 2. The van der Waals surface area contributed by atoms with E-state index in [0.29, 0.717) is 13.1 Å². The topological polar surface area (TPSA) is 50.2 Å². The van der Waals surface area contributed by atoms with Gasteiger partial charge in [0, 0.05) is 44.4 Å². The predicted octanol–water partition coefficient (Wildman–Crippen LogP) is 1.29. The molecule has 5 heteroatoms. The monoisotopic (exact) mass is 266 g/mol. The number of nitrogens with zero attached hydrogens (tertiary/aromatic N) is 3. The van der Waals surface area contributed by atoms with Crippen molar-refractivity contribution in [3.63, 3.8) is 0 Å². The molecule has 0 fully saturated rings. The Morgan fingerprint density at radius 1 is 1.47 bits per heavy atom. The number of carbonyl (C=O) groups is 1. The van der Waals surface area contributed by atoms with Crippen LogP contribution >= 0.6 is 0 Å². The molecule has 1 rings (SSSR count). The first-order chi connectivity index (χ1) is 8.75. The fourth-order valence-electron chi connectivity index (χ4n) is 1.91. The average molecular weight is 266 g/mol. The molecule has 1 heterocycles. The molecule has 1 amide bonds. The SMILES string of the molecule is CCN(C)C(=O)CNCc1cn(C)nc1C(C)(C)C. The molecule has 1 N–H and O–H groups in total. The molecule has 1 aromatic heterocycles. The number of amides is 1. The summed E-state index contributed by atoms with van der Waals surface area (Å²) in [5, 5.41) is 7.71. The van der Waals surface area contributed by atoms with E-state index in [9.17, 15) is 4.79 Å². The van der Waals surface area contributed by atoms with Crippen LogP contribution in [0.5, 0.6) is 0 Å². The number of nitrogens with one attached hydrogen (secondary N) is 1. The van der Waals surface area contributed by atoms with E-state index in [-0.39, 0.29) is 11.3 Å². The molecule has 5 nitrogen and oxygen atoms in total. The third kappa shape index (κ3) is 4.35. The Morgan fingerprint density at radius 2 is 2.11 bits per heavy atom. The van der Waals surface area contributed by atoms with Crippen molar-refractivity contribution in [1.82, 2.24) is 20.0 Å². The van der Waals surface area contributed by atoms with Crippen LogP contribution in [0.15, 0.2) is 6.20 Å². The van der Waals surface area contributed by atoms with Crippen LogP contribution in [0.1, 0.15) is 39.0 Å². The molecule has 0 spiro atoms. The molecule has 108 valence electrons. The van der Waals surface area contributed by atoms with Crippen LogP contribution in [0.3, 0.4) is 0 Å². The second kappa shape index (κ2) is 6.19. The molecule has 19 heavy (non-hydrogen) atoms. The highest BCUT2D eigenvalue weighted by molar-refractivity contribution is 5.77. The van der Waals surface area contributed by atoms with E-state index < -0.39 is 0 Å². The number of likely N-dealkylation sites (N-methyl/N-ethyl adjacent to an activating group) is 1. The minimum Gasteiger partial charge on any atom is -0.345 e. The first-order valence-corrected chi connectivity index (χ1v) is 6.73. The van der Waals surface area contributed by atoms with Crippen LogP contribution in [-0.2, 0) is 23.8 Å². The summed E-state index contributed by atoms with van der Waals surface area (Å²) < 4.78 is 1.83. The van der Waals surface area contributed by atoms with Gasteiger partial charge in [-0.2, -0.15) is 5.10 Å². The summed E-state index contributed by atoms with van der Waals surface area (Å²) in [7, 11) is 3.74. The molecule has 0 saturated heterocycles. The Morgan fingerprint density at radius 3 is 2.63 bits per heavy atom. The molecule has 1 aromatic rings. The van der Waals surface area contributed by atoms with Crippen LogP contribution in [0.2, 0.25) is 0 Å². The van der Waals surface area contributed by atoms with Gasteiger partial charge >= 0.3 is 0 Å². The Balaban J connectivity index is 2.61. The quantitative estimate of drug-likeness (QED) is 0.873. The number of rotatable bonds is 5. The lowest BCUT2D eigenvalue weighted by Gasteiger charge is -2.18. The average Bonchev–Trinajstić information content (AvgIpc) is 2.69. The van der Waals surface area contributed by atoms with Crippen LogP contribution in [0.25, 0.3) is 0 Å². The van der Waals surface area contributed by atoms with Gasteiger partial charge in [0.2, 0.25) is 5.91 Å². The largest absolute Gasteiger partial charge is 0.345 e. The van der Waals surface area contributed by atoms with E-state index in [1.54, 1.807) is 4.90 Å². The smallest absolute Gasteiger partial charge is 0.236 e. The first kappa shape index (κ1) is 15.7. The number of hydrogen-bond donors (Lipinski definition) is 1. The van der Waals surface area contributed by atoms with Gasteiger partial charge in [0.25, 0.3) is 0 Å². The van der Waals surface area contributed by atoms with E-state index in [4.69, 9.17) is 0 Å². The third-order valence-electron chi connectivity index (χ3n) is 3.11. The molecule has 0 saturated carbocycles. The normalized spacial score (nSPS) is 11.7. The van der Waals surface area contributed by atoms with Crippen molar-refractivity contribution in [3.05, 3.63) is 17.5 Å². The lowest BCUT2D eigenvalue weighted by Crippen LogP contribution is -2.35. The van der Waals surface area contributed by atoms with Crippen molar-refractivity contribution in [3.8, 4) is 0 Å². The summed E-state index contributed by atoms with van der Waals surface area (Å²) in [6.45, 7) is 10.2. The fourth-order valence-corrected chi connectivity index (χ4v) is 1.91. The van der Waals surface area contributed by atoms with Gasteiger partial charge in [-0.25, -0.2) is 0 Å². The van der Waals surface area contributed by atoms with Crippen molar-refractivity contribution in [1.29, 1.82) is 0 Å². The maximum absolute atomic E-state index is 11.7. The van der Waals surface area contributed by atoms with Crippen molar-refractivity contribution in [2.75, 3.05) is 20.1 Å². The van der Waals surface area contributed by atoms with Gasteiger partial charge in [0.1, 0.15) is 0 Å². The molecular weight excluding hydrogens is 240 g/mol. The molecule has 0 aliphatic carbocycles. The Kier molecular flexibility index (Phi) is 5.11. The van der Waals surface area contributed by atoms with Gasteiger partial charge in [-0.15, -0.1) is 0 Å².